The lowest BCUT2D eigenvalue weighted by atomic mass is 10.0. The van der Waals surface area contributed by atoms with Gasteiger partial charge < -0.3 is 0 Å². The van der Waals surface area contributed by atoms with Crippen molar-refractivity contribution < 1.29 is 0 Å². The third kappa shape index (κ3) is 1.99. The van der Waals surface area contributed by atoms with E-state index in [1.807, 2.05) is 12.2 Å². The van der Waals surface area contributed by atoms with Crippen molar-refractivity contribution in [1.82, 2.24) is 0 Å². The Morgan fingerprint density at radius 3 is 2.46 bits per heavy atom. The molecular formula is C12H14S. The van der Waals surface area contributed by atoms with Gasteiger partial charge in [-0.2, -0.15) is 0 Å². The highest BCUT2D eigenvalue weighted by molar-refractivity contribution is 7.10. The summed E-state index contributed by atoms with van der Waals surface area (Å²) in [7, 11) is 0. The highest BCUT2D eigenvalue weighted by Gasteiger charge is 2.06. The van der Waals surface area contributed by atoms with Crippen molar-refractivity contribution in [3.8, 4) is 0 Å². The Hall–Kier alpha value is -1.08. The van der Waals surface area contributed by atoms with Crippen molar-refractivity contribution in [2.45, 2.75) is 13.8 Å². The highest BCUT2D eigenvalue weighted by Crippen LogP contribution is 2.28. The summed E-state index contributed by atoms with van der Waals surface area (Å²) < 4.78 is 0. The van der Waals surface area contributed by atoms with Gasteiger partial charge in [0.2, 0.25) is 0 Å². The van der Waals surface area contributed by atoms with Crippen LogP contribution in [0.5, 0.6) is 0 Å². The normalized spacial score (nSPS) is 11.4. The number of hydrogen-bond acceptors (Lipinski definition) is 1. The first-order chi connectivity index (χ1) is 6.20. The molecule has 0 aromatic carbocycles. The van der Waals surface area contributed by atoms with E-state index in [-0.39, 0.29) is 0 Å². The van der Waals surface area contributed by atoms with Crippen molar-refractivity contribution in [3.63, 3.8) is 0 Å². The van der Waals surface area contributed by atoms with Crippen molar-refractivity contribution in [1.29, 1.82) is 0 Å². The largest absolute Gasteiger partial charge is 0.148 e. The minimum absolute atomic E-state index is 1.16. The first kappa shape index (κ1) is 10.0. The maximum Gasteiger partial charge on any atom is 0.00953 e. The maximum absolute atomic E-state index is 3.81. The number of thiophene rings is 1. The van der Waals surface area contributed by atoms with Gasteiger partial charge >= 0.3 is 0 Å². The topological polar surface area (TPSA) is 0 Å². The van der Waals surface area contributed by atoms with E-state index in [1.165, 1.54) is 16.0 Å². The molecule has 13 heavy (non-hydrogen) atoms. The summed E-state index contributed by atoms with van der Waals surface area (Å²) in [4.78, 5) is 1.34. The van der Waals surface area contributed by atoms with Gasteiger partial charge in [0, 0.05) is 4.88 Å². The Morgan fingerprint density at radius 2 is 2.08 bits per heavy atom. The van der Waals surface area contributed by atoms with E-state index in [0.29, 0.717) is 0 Å². The summed E-state index contributed by atoms with van der Waals surface area (Å²) in [6.45, 7) is 11.8. The Kier molecular flexibility index (Phi) is 3.26. The Bertz CT molecular complexity index is 334. The first-order valence-electron chi connectivity index (χ1n) is 4.21. The zero-order chi connectivity index (χ0) is 9.84. The Balaban J connectivity index is 3.25. The zero-order valence-electron chi connectivity index (χ0n) is 8.13. The van der Waals surface area contributed by atoms with E-state index in [9.17, 15) is 0 Å². The van der Waals surface area contributed by atoms with E-state index >= 15 is 0 Å². The van der Waals surface area contributed by atoms with Crippen LogP contribution in [0.2, 0.25) is 0 Å². The third-order valence-corrected chi connectivity index (χ3v) is 2.99. The van der Waals surface area contributed by atoms with Gasteiger partial charge in [0.25, 0.3) is 0 Å². The molecule has 1 rings (SSSR count). The molecule has 0 aliphatic rings. The number of aryl methyl sites for hydroxylation is 2. The van der Waals surface area contributed by atoms with Crippen molar-refractivity contribution in [2.75, 3.05) is 0 Å². The van der Waals surface area contributed by atoms with Gasteiger partial charge in [0.15, 0.2) is 0 Å². The van der Waals surface area contributed by atoms with E-state index in [2.05, 4.69) is 32.4 Å². The smallest absolute Gasteiger partial charge is 0.00953 e. The molecule has 1 heteroatoms. The quantitative estimate of drug-likeness (QED) is 0.629. The standard InChI is InChI=1S/C12H14S/c1-5-7-11(6-2)12-9(3)8-13-10(12)4/h5-8H,1-2H2,3-4H3/b11-7+. The second-order valence-corrected chi connectivity index (χ2v) is 4.00. The van der Waals surface area contributed by atoms with E-state index in [0.717, 1.165) is 5.57 Å². The molecule has 0 aliphatic carbocycles. The SMILES string of the molecule is C=C/C=C(\C=C)c1c(C)csc1C. The lowest BCUT2D eigenvalue weighted by Gasteiger charge is -2.02. The molecule has 0 spiro atoms. The molecule has 1 aromatic rings. The summed E-state index contributed by atoms with van der Waals surface area (Å²) in [5.74, 6) is 0. The molecule has 0 amide bonds. The molecule has 0 radical (unpaired) electrons. The van der Waals surface area contributed by atoms with E-state index in [4.69, 9.17) is 0 Å². The summed E-state index contributed by atoms with van der Waals surface area (Å²) >= 11 is 1.78. The summed E-state index contributed by atoms with van der Waals surface area (Å²) in [5, 5.41) is 2.17. The van der Waals surface area contributed by atoms with Crippen LogP contribution in [-0.4, -0.2) is 0 Å². The van der Waals surface area contributed by atoms with Crippen LogP contribution in [0.15, 0.2) is 36.8 Å². The van der Waals surface area contributed by atoms with Gasteiger partial charge in [-0.15, -0.1) is 11.3 Å². The van der Waals surface area contributed by atoms with Gasteiger partial charge in [-0.25, -0.2) is 0 Å². The average molecular weight is 190 g/mol. The lowest BCUT2D eigenvalue weighted by molar-refractivity contribution is 1.45. The average Bonchev–Trinajstić information content (AvgIpc) is 2.43. The van der Waals surface area contributed by atoms with Crippen LogP contribution in [0.3, 0.4) is 0 Å². The molecule has 0 atom stereocenters. The molecule has 0 saturated carbocycles. The molecule has 0 unspecified atom stereocenters. The van der Waals surface area contributed by atoms with Crippen molar-refractivity contribution in [2.24, 2.45) is 0 Å². The van der Waals surface area contributed by atoms with E-state index in [1.54, 1.807) is 17.4 Å². The third-order valence-electron chi connectivity index (χ3n) is 1.96. The Labute approximate surface area is 83.9 Å². The first-order valence-corrected chi connectivity index (χ1v) is 5.09. The van der Waals surface area contributed by atoms with Crippen LogP contribution < -0.4 is 0 Å². The lowest BCUT2D eigenvalue weighted by Crippen LogP contribution is -1.83. The molecule has 1 heterocycles. The summed E-state index contributed by atoms with van der Waals surface area (Å²) in [6, 6.07) is 0. The molecular weight excluding hydrogens is 176 g/mol. The Morgan fingerprint density at radius 1 is 1.38 bits per heavy atom. The van der Waals surface area contributed by atoms with E-state index < -0.39 is 0 Å². The number of hydrogen-bond donors (Lipinski definition) is 0. The fourth-order valence-corrected chi connectivity index (χ4v) is 2.25. The second kappa shape index (κ2) is 4.24. The molecule has 0 nitrogen and oxygen atoms in total. The maximum atomic E-state index is 3.81. The highest BCUT2D eigenvalue weighted by atomic mass is 32.1. The van der Waals surface area contributed by atoms with Crippen LogP contribution in [0.25, 0.3) is 5.57 Å². The summed E-state index contributed by atoms with van der Waals surface area (Å²) in [6.07, 6.45) is 5.67. The van der Waals surface area contributed by atoms with Crippen LogP contribution in [0.1, 0.15) is 16.0 Å². The van der Waals surface area contributed by atoms with Gasteiger partial charge in [-0.3, -0.25) is 0 Å². The molecule has 0 aliphatic heterocycles. The second-order valence-electron chi connectivity index (χ2n) is 2.91. The van der Waals surface area contributed by atoms with Gasteiger partial charge in [-0.1, -0.05) is 31.4 Å². The van der Waals surface area contributed by atoms with Crippen molar-refractivity contribution in [3.05, 3.63) is 52.8 Å². The summed E-state index contributed by atoms with van der Waals surface area (Å²) in [5.41, 5.74) is 3.78. The molecule has 0 N–H and O–H groups in total. The van der Waals surface area contributed by atoms with Crippen LogP contribution in [-0.2, 0) is 0 Å². The van der Waals surface area contributed by atoms with Gasteiger partial charge in [-0.05, 0) is 35.9 Å². The monoisotopic (exact) mass is 190 g/mol. The molecule has 0 bridgehead atoms. The van der Waals surface area contributed by atoms with Gasteiger partial charge in [0.05, 0.1) is 0 Å². The number of allylic oxidation sites excluding steroid dienone is 4. The van der Waals surface area contributed by atoms with Gasteiger partial charge in [0.1, 0.15) is 0 Å². The minimum Gasteiger partial charge on any atom is -0.148 e. The van der Waals surface area contributed by atoms with Crippen LogP contribution in [0.4, 0.5) is 0 Å². The molecule has 0 fully saturated rings. The fraction of sp³-hybridized carbons (Fsp3) is 0.167. The predicted octanol–water partition coefficient (Wildman–Crippen LogP) is 4.12. The zero-order valence-corrected chi connectivity index (χ0v) is 8.95. The minimum atomic E-state index is 1.16. The number of rotatable bonds is 3. The molecule has 1 aromatic heterocycles. The molecule has 68 valence electrons. The van der Waals surface area contributed by atoms with Crippen LogP contribution >= 0.6 is 11.3 Å². The fourth-order valence-electron chi connectivity index (χ4n) is 1.38. The van der Waals surface area contributed by atoms with Crippen LogP contribution in [0, 0.1) is 13.8 Å². The molecule has 0 saturated heterocycles. The predicted molar refractivity (Wildman–Crippen MR) is 62.2 cm³/mol. The van der Waals surface area contributed by atoms with Crippen molar-refractivity contribution >= 4 is 16.9 Å².